The van der Waals surface area contributed by atoms with Crippen LogP contribution < -0.4 is 14.8 Å². The molecule has 2 unspecified atom stereocenters. The average Bonchev–Trinajstić information content (AvgIpc) is 2.72. The topological polar surface area (TPSA) is 67.9 Å². The normalized spacial score (nSPS) is 19.7. The Labute approximate surface area is 163 Å². The van der Waals surface area contributed by atoms with E-state index in [1.54, 1.807) is 11.1 Å². The number of amides is 2. The van der Waals surface area contributed by atoms with E-state index in [0.717, 1.165) is 11.1 Å². The van der Waals surface area contributed by atoms with Crippen LogP contribution in [0.3, 0.4) is 0 Å². The van der Waals surface area contributed by atoms with E-state index < -0.39 is 0 Å². The van der Waals surface area contributed by atoms with E-state index in [9.17, 15) is 9.59 Å². The zero-order chi connectivity index (χ0) is 19.5. The highest BCUT2D eigenvalue weighted by molar-refractivity contribution is 5.81. The molecule has 28 heavy (non-hydrogen) atoms. The van der Waals surface area contributed by atoms with E-state index in [-0.39, 0.29) is 30.4 Å². The fourth-order valence-electron chi connectivity index (χ4n) is 3.55. The summed E-state index contributed by atoms with van der Waals surface area (Å²) < 4.78 is 11.5. The second kappa shape index (κ2) is 7.76. The van der Waals surface area contributed by atoms with Crippen LogP contribution in [0, 0.1) is 0 Å². The Balaban J connectivity index is 1.39. The van der Waals surface area contributed by atoms with E-state index >= 15 is 0 Å². The SMILES string of the molecule is CC(=O)N1C=Cc2ccccc2C1CC(=O)NCC1COc2ccccc2O1. The van der Waals surface area contributed by atoms with Gasteiger partial charge in [0, 0.05) is 13.1 Å². The zero-order valence-corrected chi connectivity index (χ0v) is 15.6. The molecule has 144 valence electrons. The first-order valence-electron chi connectivity index (χ1n) is 9.33. The number of benzene rings is 2. The minimum absolute atomic E-state index is 0.0934. The highest BCUT2D eigenvalue weighted by Gasteiger charge is 2.29. The summed E-state index contributed by atoms with van der Waals surface area (Å²) in [6.45, 7) is 2.23. The van der Waals surface area contributed by atoms with E-state index in [4.69, 9.17) is 9.47 Å². The van der Waals surface area contributed by atoms with Gasteiger partial charge in [0.1, 0.15) is 12.7 Å². The minimum Gasteiger partial charge on any atom is -0.486 e. The van der Waals surface area contributed by atoms with Crippen molar-refractivity contribution >= 4 is 17.9 Å². The lowest BCUT2D eigenvalue weighted by atomic mass is 9.93. The predicted molar refractivity (Wildman–Crippen MR) is 105 cm³/mol. The summed E-state index contributed by atoms with van der Waals surface area (Å²) in [5.74, 6) is 1.17. The molecule has 1 N–H and O–H groups in total. The average molecular weight is 378 g/mol. The zero-order valence-electron chi connectivity index (χ0n) is 15.6. The summed E-state index contributed by atoms with van der Waals surface area (Å²) in [6.07, 6.45) is 3.58. The lowest BCUT2D eigenvalue weighted by molar-refractivity contribution is -0.130. The van der Waals surface area contributed by atoms with Crippen molar-refractivity contribution in [3.05, 3.63) is 65.9 Å². The molecule has 0 aromatic heterocycles. The maximum absolute atomic E-state index is 12.6. The maximum atomic E-state index is 12.6. The van der Waals surface area contributed by atoms with Crippen LogP contribution >= 0.6 is 0 Å². The van der Waals surface area contributed by atoms with Crippen molar-refractivity contribution in [3.63, 3.8) is 0 Å². The fourth-order valence-corrected chi connectivity index (χ4v) is 3.55. The molecule has 2 atom stereocenters. The Bertz CT molecular complexity index is 924. The number of carbonyl (C=O) groups is 2. The molecule has 0 saturated heterocycles. The second-order valence-corrected chi connectivity index (χ2v) is 6.89. The maximum Gasteiger partial charge on any atom is 0.223 e. The smallest absolute Gasteiger partial charge is 0.223 e. The summed E-state index contributed by atoms with van der Waals surface area (Å²) in [7, 11) is 0. The van der Waals surface area contributed by atoms with Crippen LogP contribution in [0.5, 0.6) is 11.5 Å². The molecule has 2 aromatic rings. The third kappa shape index (κ3) is 3.71. The van der Waals surface area contributed by atoms with Gasteiger partial charge in [-0.25, -0.2) is 0 Å². The molecule has 6 heteroatoms. The molecule has 2 aliphatic rings. The first-order valence-corrected chi connectivity index (χ1v) is 9.33. The number of nitrogens with one attached hydrogen (secondary N) is 1. The molecule has 4 rings (SSSR count). The molecule has 6 nitrogen and oxygen atoms in total. The number of nitrogens with zero attached hydrogens (tertiary/aromatic N) is 1. The van der Waals surface area contributed by atoms with Crippen molar-refractivity contribution in [1.29, 1.82) is 0 Å². The van der Waals surface area contributed by atoms with Gasteiger partial charge in [-0.15, -0.1) is 0 Å². The van der Waals surface area contributed by atoms with Crippen molar-refractivity contribution in [1.82, 2.24) is 10.2 Å². The number of hydrogen-bond donors (Lipinski definition) is 1. The van der Waals surface area contributed by atoms with Crippen molar-refractivity contribution < 1.29 is 19.1 Å². The summed E-state index contributed by atoms with van der Waals surface area (Å²) in [4.78, 5) is 26.2. The standard InChI is InChI=1S/C22H22N2O4/c1-15(25)24-11-10-16-6-2-3-7-18(16)19(24)12-22(26)23-13-17-14-27-20-8-4-5-9-21(20)28-17/h2-11,17,19H,12-14H2,1H3,(H,23,26). The van der Waals surface area contributed by atoms with Gasteiger partial charge < -0.3 is 19.7 Å². The third-order valence-electron chi connectivity index (χ3n) is 4.94. The van der Waals surface area contributed by atoms with Gasteiger partial charge in [0.05, 0.1) is 19.0 Å². The summed E-state index contributed by atoms with van der Waals surface area (Å²) in [5, 5.41) is 2.91. The van der Waals surface area contributed by atoms with Crippen molar-refractivity contribution in [2.75, 3.05) is 13.2 Å². The Hall–Kier alpha value is -3.28. The minimum atomic E-state index is -0.317. The third-order valence-corrected chi connectivity index (χ3v) is 4.94. The quantitative estimate of drug-likeness (QED) is 0.888. The highest BCUT2D eigenvalue weighted by atomic mass is 16.6. The summed E-state index contributed by atoms with van der Waals surface area (Å²) in [5.41, 5.74) is 2.00. The summed E-state index contributed by atoms with van der Waals surface area (Å²) >= 11 is 0. The number of para-hydroxylation sites is 2. The van der Waals surface area contributed by atoms with Gasteiger partial charge >= 0.3 is 0 Å². The molecule has 0 aliphatic carbocycles. The predicted octanol–water partition coefficient (Wildman–Crippen LogP) is 2.91. The first-order chi connectivity index (χ1) is 13.6. The van der Waals surface area contributed by atoms with E-state index in [1.807, 2.05) is 54.6 Å². The van der Waals surface area contributed by atoms with E-state index in [1.165, 1.54) is 6.92 Å². The van der Waals surface area contributed by atoms with Crippen LogP contribution in [0.2, 0.25) is 0 Å². The van der Waals surface area contributed by atoms with E-state index in [0.29, 0.717) is 24.7 Å². The molecule has 0 bridgehead atoms. The Morgan fingerprint density at radius 1 is 1.11 bits per heavy atom. The fraction of sp³-hybridized carbons (Fsp3) is 0.273. The van der Waals surface area contributed by atoms with Gasteiger partial charge in [0.2, 0.25) is 11.8 Å². The molecule has 2 heterocycles. The van der Waals surface area contributed by atoms with E-state index in [2.05, 4.69) is 5.32 Å². The van der Waals surface area contributed by atoms with Crippen molar-refractivity contribution in [2.24, 2.45) is 0 Å². The molecular weight excluding hydrogens is 356 g/mol. The molecule has 0 fully saturated rings. The molecule has 2 aliphatic heterocycles. The first kappa shape index (κ1) is 18.1. The van der Waals surface area contributed by atoms with Gasteiger partial charge in [-0.3, -0.25) is 9.59 Å². The van der Waals surface area contributed by atoms with Gasteiger partial charge in [0.15, 0.2) is 11.5 Å². The monoisotopic (exact) mass is 378 g/mol. The van der Waals surface area contributed by atoms with Gasteiger partial charge in [-0.05, 0) is 29.3 Å². The number of carbonyl (C=O) groups excluding carboxylic acids is 2. The lowest BCUT2D eigenvalue weighted by Gasteiger charge is -2.32. The van der Waals surface area contributed by atoms with Crippen LogP contribution in [0.1, 0.15) is 30.5 Å². The largest absolute Gasteiger partial charge is 0.486 e. The molecule has 0 radical (unpaired) electrons. The Morgan fingerprint density at radius 3 is 2.68 bits per heavy atom. The molecular formula is C22H22N2O4. The summed E-state index contributed by atoms with van der Waals surface area (Å²) in [6, 6.07) is 15.0. The van der Waals surface area contributed by atoms with Crippen LogP contribution in [0.15, 0.2) is 54.7 Å². The molecule has 0 saturated carbocycles. The second-order valence-electron chi connectivity index (χ2n) is 6.89. The molecule has 2 aromatic carbocycles. The molecule has 0 spiro atoms. The number of ether oxygens (including phenoxy) is 2. The lowest BCUT2D eigenvalue weighted by Crippen LogP contribution is -2.42. The van der Waals surface area contributed by atoms with Crippen LogP contribution in [-0.2, 0) is 9.59 Å². The van der Waals surface area contributed by atoms with Gasteiger partial charge in [-0.1, -0.05) is 36.4 Å². The highest BCUT2D eigenvalue weighted by Crippen LogP contribution is 2.33. The van der Waals surface area contributed by atoms with Crippen molar-refractivity contribution in [3.8, 4) is 11.5 Å². The Morgan fingerprint density at radius 2 is 1.86 bits per heavy atom. The van der Waals surface area contributed by atoms with Gasteiger partial charge in [0.25, 0.3) is 0 Å². The Kier molecular flexibility index (Phi) is 5.02. The number of fused-ring (bicyclic) bond motifs is 2. The van der Waals surface area contributed by atoms with Crippen LogP contribution in [-0.4, -0.2) is 36.0 Å². The molecule has 2 amide bonds. The number of rotatable bonds is 4. The number of hydrogen-bond acceptors (Lipinski definition) is 4. The van der Waals surface area contributed by atoms with Crippen LogP contribution in [0.25, 0.3) is 6.08 Å². The van der Waals surface area contributed by atoms with Crippen LogP contribution in [0.4, 0.5) is 0 Å². The van der Waals surface area contributed by atoms with Gasteiger partial charge in [-0.2, -0.15) is 0 Å². The van der Waals surface area contributed by atoms with Crippen molar-refractivity contribution in [2.45, 2.75) is 25.5 Å².